The van der Waals surface area contributed by atoms with Crippen molar-refractivity contribution in [2.24, 2.45) is 0 Å². The highest BCUT2D eigenvalue weighted by Gasteiger charge is 2.20. The Morgan fingerprint density at radius 3 is 2.48 bits per heavy atom. The van der Waals surface area contributed by atoms with Gasteiger partial charge in [-0.2, -0.15) is 0 Å². The van der Waals surface area contributed by atoms with Crippen molar-refractivity contribution < 1.29 is 17.6 Å². The van der Waals surface area contributed by atoms with E-state index in [1.807, 2.05) is 17.5 Å². The van der Waals surface area contributed by atoms with Crippen LogP contribution in [0.3, 0.4) is 0 Å². The molecule has 2 heterocycles. The molecule has 148 valence electrons. The van der Waals surface area contributed by atoms with E-state index in [9.17, 15) is 8.42 Å². The Labute approximate surface area is 173 Å². The van der Waals surface area contributed by atoms with Crippen LogP contribution in [0.15, 0.2) is 87.7 Å². The molecule has 6 nitrogen and oxygen atoms in total. The summed E-state index contributed by atoms with van der Waals surface area (Å²) in [5, 5.41) is 1.96. The number of nitrogens with zero attached hydrogens (tertiary/aromatic N) is 2. The van der Waals surface area contributed by atoms with E-state index in [1.54, 1.807) is 72.2 Å². The van der Waals surface area contributed by atoms with Crippen molar-refractivity contribution in [1.82, 2.24) is 4.98 Å². The molecule has 0 fully saturated rings. The van der Waals surface area contributed by atoms with E-state index in [4.69, 9.17) is 9.15 Å². The number of hydrogen-bond acceptors (Lipinski definition) is 6. The van der Waals surface area contributed by atoms with Gasteiger partial charge in [0.2, 0.25) is 5.89 Å². The molecule has 0 N–H and O–H groups in total. The van der Waals surface area contributed by atoms with Gasteiger partial charge in [-0.25, -0.2) is 13.4 Å². The molecule has 0 radical (unpaired) electrons. The molecule has 0 amide bonds. The third kappa shape index (κ3) is 4.18. The summed E-state index contributed by atoms with van der Waals surface area (Å²) < 4.78 is 37.9. The van der Waals surface area contributed by atoms with Crippen LogP contribution >= 0.6 is 11.3 Å². The number of rotatable bonds is 7. The topological polar surface area (TPSA) is 72.6 Å². The maximum absolute atomic E-state index is 12.7. The number of hydrogen-bond donors (Lipinski definition) is 0. The fourth-order valence-electron chi connectivity index (χ4n) is 2.69. The molecule has 0 bridgehead atoms. The van der Waals surface area contributed by atoms with Crippen LogP contribution in [-0.4, -0.2) is 20.4 Å². The summed E-state index contributed by atoms with van der Waals surface area (Å²) in [5.74, 6) is 1.18. The van der Waals surface area contributed by atoms with Crippen LogP contribution in [0.1, 0.15) is 5.69 Å². The third-order valence-corrected chi connectivity index (χ3v) is 6.93. The average Bonchev–Trinajstić information content (AvgIpc) is 3.44. The third-order valence-electron chi connectivity index (χ3n) is 4.27. The number of ether oxygens (including phenoxy) is 1. The quantitative estimate of drug-likeness (QED) is 0.424. The fraction of sp³-hybridized carbons (Fsp3) is 0.0952. The van der Waals surface area contributed by atoms with E-state index in [1.165, 1.54) is 11.4 Å². The van der Waals surface area contributed by atoms with Gasteiger partial charge in [0.25, 0.3) is 10.0 Å². The number of thiophene rings is 1. The van der Waals surface area contributed by atoms with Crippen LogP contribution in [0.25, 0.3) is 10.8 Å². The zero-order chi connectivity index (χ0) is 20.3. The molecule has 29 heavy (non-hydrogen) atoms. The summed E-state index contributed by atoms with van der Waals surface area (Å²) >= 11 is 1.56. The van der Waals surface area contributed by atoms with Gasteiger partial charge < -0.3 is 9.15 Å². The second-order valence-electron chi connectivity index (χ2n) is 6.19. The highest BCUT2D eigenvalue weighted by atomic mass is 32.2. The van der Waals surface area contributed by atoms with Crippen LogP contribution < -0.4 is 9.04 Å². The van der Waals surface area contributed by atoms with Gasteiger partial charge in [0.05, 0.1) is 15.5 Å². The first-order valence-electron chi connectivity index (χ1n) is 8.79. The smallest absolute Gasteiger partial charge is 0.264 e. The van der Waals surface area contributed by atoms with Crippen molar-refractivity contribution in [3.05, 3.63) is 84.1 Å². The number of aromatic nitrogens is 1. The zero-order valence-electron chi connectivity index (χ0n) is 15.6. The lowest BCUT2D eigenvalue weighted by Crippen LogP contribution is -2.26. The fourth-order valence-corrected chi connectivity index (χ4v) is 4.56. The Morgan fingerprint density at radius 1 is 1.03 bits per heavy atom. The minimum atomic E-state index is -3.61. The summed E-state index contributed by atoms with van der Waals surface area (Å²) in [6, 6.07) is 19.1. The lowest BCUT2D eigenvalue weighted by molar-refractivity contribution is 0.301. The molecule has 0 unspecified atom stereocenters. The van der Waals surface area contributed by atoms with Gasteiger partial charge in [-0.15, -0.1) is 11.3 Å². The molecule has 0 saturated carbocycles. The molecular weight excluding hydrogens is 408 g/mol. The normalized spacial score (nSPS) is 11.3. The molecule has 0 aliphatic carbocycles. The van der Waals surface area contributed by atoms with Gasteiger partial charge in [-0.3, -0.25) is 4.31 Å². The molecule has 8 heteroatoms. The van der Waals surface area contributed by atoms with Crippen LogP contribution in [0.5, 0.6) is 5.75 Å². The molecule has 0 atom stereocenters. The van der Waals surface area contributed by atoms with E-state index in [0.717, 1.165) is 4.88 Å². The predicted octanol–water partition coefficient (Wildman–Crippen LogP) is 4.81. The number of oxazole rings is 1. The summed E-state index contributed by atoms with van der Waals surface area (Å²) in [5.41, 5.74) is 1.23. The summed E-state index contributed by atoms with van der Waals surface area (Å²) in [6.45, 7) is 0.256. The van der Waals surface area contributed by atoms with Crippen LogP contribution in [-0.2, 0) is 16.6 Å². The maximum atomic E-state index is 12.7. The first-order valence-corrected chi connectivity index (χ1v) is 11.1. The van der Waals surface area contributed by atoms with Crippen molar-refractivity contribution in [1.29, 1.82) is 0 Å². The molecule has 4 rings (SSSR count). The lowest BCUT2D eigenvalue weighted by Gasteiger charge is -2.19. The largest absolute Gasteiger partial charge is 0.487 e. The van der Waals surface area contributed by atoms with Crippen molar-refractivity contribution >= 4 is 27.0 Å². The zero-order valence-corrected chi connectivity index (χ0v) is 17.2. The molecule has 0 spiro atoms. The van der Waals surface area contributed by atoms with E-state index in [0.29, 0.717) is 23.0 Å². The molecular formula is C21H18N2O4S2. The number of benzene rings is 2. The van der Waals surface area contributed by atoms with Crippen molar-refractivity contribution in [2.45, 2.75) is 11.5 Å². The van der Waals surface area contributed by atoms with Gasteiger partial charge in [0, 0.05) is 7.05 Å². The standard InChI is InChI=1S/C21H18N2O4S2/c1-23(29(24,25)19-6-3-2-4-7-19)17-9-11-18(12-10-17)26-14-16-15-27-21(22-16)20-8-5-13-28-20/h2-13,15H,14H2,1H3. The van der Waals surface area contributed by atoms with E-state index in [-0.39, 0.29) is 11.5 Å². The second-order valence-corrected chi connectivity index (χ2v) is 9.11. The first-order chi connectivity index (χ1) is 14.0. The van der Waals surface area contributed by atoms with E-state index < -0.39 is 10.0 Å². The Kier molecular flexibility index (Phi) is 5.37. The minimum absolute atomic E-state index is 0.246. The molecule has 0 saturated heterocycles. The van der Waals surface area contributed by atoms with Gasteiger partial charge in [-0.05, 0) is 47.8 Å². The predicted molar refractivity (Wildman–Crippen MR) is 113 cm³/mol. The Balaban J connectivity index is 1.42. The van der Waals surface area contributed by atoms with Gasteiger partial charge in [0.15, 0.2) is 0 Å². The summed E-state index contributed by atoms with van der Waals surface area (Å²) in [6.07, 6.45) is 1.57. The molecule has 4 aromatic rings. The van der Waals surface area contributed by atoms with E-state index >= 15 is 0 Å². The SMILES string of the molecule is CN(c1ccc(OCc2coc(-c3cccs3)n2)cc1)S(=O)(=O)c1ccccc1. The van der Waals surface area contributed by atoms with Crippen LogP contribution in [0.2, 0.25) is 0 Å². The monoisotopic (exact) mass is 426 g/mol. The summed E-state index contributed by atoms with van der Waals surface area (Å²) in [7, 11) is -2.08. The van der Waals surface area contributed by atoms with E-state index in [2.05, 4.69) is 4.98 Å². The highest BCUT2D eigenvalue weighted by molar-refractivity contribution is 7.92. The number of anilines is 1. The van der Waals surface area contributed by atoms with Crippen LogP contribution in [0.4, 0.5) is 5.69 Å². The molecule has 2 aromatic heterocycles. The molecule has 2 aromatic carbocycles. The molecule has 0 aliphatic heterocycles. The van der Waals surface area contributed by atoms with Crippen molar-refractivity contribution in [3.8, 4) is 16.5 Å². The first kappa shape index (κ1) is 19.2. The second kappa shape index (κ2) is 8.10. The summed E-state index contributed by atoms with van der Waals surface area (Å²) in [4.78, 5) is 5.62. The Bertz CT molecular complexity index is 1170. The lowest BCUT2D eigenvalue weighted by atomic mass is 10.3. The van der Waals surface area contributed by atoms with Crippen molar-refractivity contribution in [2.75, 3.05) is 11.4 Å². The number of sulfonamides is 1. The van der Waals surface area contributed by atoms with Crippen molar-refractivity contribution in [3.63, 3.8) is 0 Å². The minimum Gasteiger partial charge on any atom is -0.487 e. The Morgan fingerprint density at radius 2 is 1.79 bits per heavy atom. The van der Waals surface area contributed by atoms with Gasteiger partial charge in [0.1, 0.15) is 24.3 Å². The average molecular weight is 427 g/mol. The van der Waals surface area contributed by atoms with Gasteiger partial charge >= 0.3 is 0 Å². The van der Waals surface area contributed by atoms with Gasteiger partial charge in [-0.1, -0.05) is 24.3 Å². The van der Waals surface area contributed by atoms with Crippen LogP contribution in [0, 0.1) is 0 Å². The highest BCUT2D eigenvalue weighted by Crippen LogP contribution is 2.26. The maximum Gasteiger partial charge on any atom is 0.264 e. The Hall–Kier alpha value is -3.10. The molecule has 0 aliphatic rings.